The largest absolute Gasteiger partial charge is 0.396 e. The lowest BCUT2D eigenvalue weighted by molar-refractivity contribution is -0.329. The summed E-state index contributed by atoms with van der Waals surface area (Å²) in [6.45, 7) is 1.74. The van der Waals surface area contributed by atoms with E-state index in [1.165, 1.54) is 11.5 Å². The number of aliphatic hydroxyl groups excluding tert-OH is 1. The van der Waals surface area contributed by atoms with Gasteiger partial charge in [0.05, 0.1) is 0 Å². The fraction of sp³-hybridized carbons (Fsp3) is 1.00. The maximum atomic E-state index is 11.8. The van der Waals surface area contributed by atoms with Crippen molar-refractivity contribution >= 4 is 0 Å². The molecule has 0 radical (unpaired) electrons. The minimum atomic E-state index is 0.313. The highest BCUT2D eigenvalue weighted by Gasteiger charge is 2.42. The Kier molecular flexibility index (Phi) is 3.36. The van der Waals surface area contributed by atoms with Gasteiger partial charge >= 0.3 is 0 Å². The second kappa shape index (κ2) is 4.55. The molecule has 2 atom stereocenters. The van der Waals surface area contributed by atoms with Crippen LogP contribution in [-0.2, 0) is 5.04 Å². The van der Waals surface area contributed by atoms with Crippen LogP contribution in [0.3, 0.4) is 0 Å². The van der Waals surface area contributed by atoms with E-state index >= 15 is 0 Å². The summed E-state index contributed by atoms with van der Waals surface area (Å²) in [5, 5.41) is 13.9. The maximum absolute atomic E-state index is 11.8. The molecule has 2 rings (SSSR count). The van der Waals surface area contributed by atoms with Gasteiger partial charge in [-0.1, -0.05) is 5.04 Å². The van der Waals surface area contributed by atoms with Gasteiger partial charge in [0.2, 0.25) is 0 Å². The molecule has 0 amide bonds. The van der Waals surface area contributed by atoms with E-state index in [2.05, 4.69) is 5.04 Å². The van der Waals surface area contributed by atoms with E-state index in [-0.39, 0.29) is 0 Å². The normalized spacial score (nSPS) is 34.7. The lowest BCUT2D eigenvalue weighted by Gasteiger charge is -2.28. The number of aliphatic hydroxyl groups is 1. The van der Waals surface area contributed by atoms with Crippen molar-refractivity contribution in [2.45, 2.75) is 25.7 Å². The van der Waals surface area contributed by atoms with Gasteiger partial charge in [0.25, 0.3) is 0 Å². The summed E-state index contributed by atoms with van der Waals surface area (Å²) < 4.78 is 11.8. The Bertz CT molecular complexity index is 183. The quantitative estimate of drug-likeness (QED) is 0.752. The SMILES string of the molecule is OCCC1CC1C1CCN(OF)CC1. The first-order valence-electron chi connectivity index (χ1n) is 5.49. The van der Waals surface area contributed by atoms with E-state index in [1.54, 1.807) is 0 Å². The van der Waals surface area contributed by atoms with Crippen molar-refractivity contribution in [1.29, 1.82) is 0 Å². The van der Waals surface area contributed by atoms with Gasteiger partial charge < -0.3 is 5.11 Å². The monoisotopic (exact) mass is 203 g/mol. The zero-order valence-electron chi connectivity index (χ0n) is 8.36. The predicted octanol–water partition coefficient (Wildman–Crippen LogP) is 1.53. The van der Waals surface area contributed by atoms with Gasteiger partial charge in [-0.2, -0.15) is 5.06 Å². The van der Waals surface area contributed by atoms with Crippen LogP contribution in [0.1, 0.15) is 25.7 Å². The topological polar surface area (TPSA) is 32.7 Å². The van der Waals surface area contributed by atoms with Crippen LogP contribution in [0.4, 0.5) is 4.53 Å². The molecular weight excluding hydrogens is 185 g/mol. The van der Waals surface area contributed by atoms with Gasteiger partial charge in [0, 0.05) is 19.7 Å². The van der Waals surface area contributed by atoms with Gasteiger partial charge in [-0.25, -0.2) is 0 Å². The van der Waals surface area contributed by atoms with E-state index in [0.29, 0.717) is 19.7 Å². The third kappa shape index (κ3) is 2.24. The Hall–Kier alpha value is -0.190. The third-order valence-electron chi connectivity index (χ3n) is 3.68. The van der Waals surface area contributed by atoms with Crippen LogP contribution in [0, 0.1) is 17.8 Å². The fourth-order valence-electron chi connectivity index (χ4n) is 2.72. The lowest BCUT2D eigenvalue weighted by atomic mass is 9.91. The smallest absolute Gasteiger partial charge is 0.0433 e. The molecule has 0 aromatic rings. The van der Waals surface area contributed by atoms with E-state index in [4.69, 9.17) is 5.11 Å². The molecule has 1 saturated heterocycles. The summed E-state index contributed by atoms with van der Waals surface area (Å²) in [6, 6.07) is 0. The van der Waals surface area contributed by atoms with Gasteiger partial charge in [-0.15, -0.1) is 0 Å². The second-order valence-corrected chi connectivity index (χ2v) is 4.51. The Morgan fingerprint density at radius 2 is 2.07 bits per heavy atom. The minimum Gasteiger partial charge on any atom is -0.396 e. The maximum Gasteiger partial charge on any atom is 0.0433 e. The molecule has 1 saturated carbocycles. The molecule has 4 heteroatoms. The Labute approximate surface area is 83.7 Å². The van der Waals surface area contributed by atoms with Gasteiger partial charge in [0.15, 0.2) is 0 Å². The third-order valence-corrected chi connectivity index (χ3v) is 3.68. The first-order valence-corrected chi connectivity index (χ1v) is 5.49. The van der Waals surface area contributed by atoms with E-state index < -0.39 is 0 Å². The number of hydrogen-bond acceptors (Lipinski definition) is 3. The van der Waals surface area contributed by atoms with Crippen molar-refractivity contribution in [2.75, 3.05) is 19.7 Å². The van der Waals surface area contributed by atoms with Crippen molar-refractivity contribution in [3.8, 4) is 0 Å². The number of hydrogen-bond donors (Lipinski definition) is 1. The van der Waals surface area contributed by atoms with E-state index in [9.17, 15) is 4.53 Å². The summed E-state index contributed by atoms with van der Waals surface area (Å²) in [5.41, 5.74) is 0. The Morgan fingerprint density at radius 1 is 1.36 bits per heavy atom. The van der Waals surface area contributed by atoms with Crippen LogP contribution in [0.15, 0.2) is 0 Å². The van der Waals surface area contributed by atoms with E-state index in [0.717, 1.165) is 37.0 Å². The zero-order chi connectivity index (χ0) is 9.97. The van der Waals surface area contributed by atoms with Crippen LogP contribution in [0.25, 0.3) is 0 Å². The molecule has 0 aromatic heterocycles. The number of rotatable bonds is 4. The molecule has 3 nitrogen and oxygen atoms in total. The average molecular weight is 203 g/mol. The molecule has 0 aromatic carbocycles. The van der Waals surface area contributed by atoms with Crippen molar-refractivity contribution < 1.29 is 14.7 Å². The molecule has 0 spiro atoms. The van der Waals surface area contributed by atoms with Crippen LogP contribution < -0.4 is 0 Å². The van der Waals surface area contributed by atoms with Crippen LogP contribution in [0.5, 0.6) is 0 Å². The molecule has 1 heterocycles. The molecule has 1 aliphatic heterocycles. The summed E-state index contributed by atoms with van der Waals surface area (Å²) in [7, 11) is 0. The fourth-order valence-corrected chi connectivity index (χ4v) is 2.72. The van der Waals surface area contributed by atoms with Crippen LogP contribution in [0.2, 0.25) is 0 Å². The molecule has 82 valence electrons. The zero-order valence-corrected chi connectivity index (χ0v) is 8.36. The summed E-state index contributed by atoms with van der Waals surface area (Å²) in [5.74, 6) is 2.27. The molecule has 1 aliphatic carbocycles. The molecular formula is C10H18FNO2. The predicted molar refractivity (Wildman–Crippen MR) is 49.8 cm³/mol. The second-order valence-electron chi connectivity index (χ2n) is 4.51. The Balaban J connectivity index is 1.69. The minimum absolute atomic E-state index is 0.313. The summed E-state index contributed by atoms with van der Waals surface area (Å²) in [6.07, 6.45) is 4.29. The van der Waals surface area contributed by atoms with Crippen LogP contribution >= 0.6 is 0 Å². The first kappa shape index (κ1) is 10.3. The van der Waals surface area contributed by atoms with Crippen molar-refractivity contribution in [2.24, 2.45) is 17.8 Å². The first-order chi connectivity index (χ1) is 6.85. The highest BCUT2D eigenvalue weighted by molar-refractivity contribution is 4.92. The van der Waals surface area contributed by atoms with Gasteiger partial charge in [0.1, 0.15) is 0 Å². The molecule has 14 heavy (non-hydrogen) atoms. The highest BCUT2D eigenvalue weighted by Crippen LogP contribution is 2.49. The summed E-state index contributed by atoms with van der Waals surface area (Å²) >= 11 is 0. The van der Waals surface area contributed by atoms with Crippen molar-refractivity contribution in [1.82, 2.24) is 5.06 Å². The van der Waals surface area contributed by atoms with Crippen LogP contribution in [-0.4, -0.2) is 29.9 Å². The number of hydroxylamine groups is 2. The number of piperidine rings is 1. The molecule has 2 fully saturated rings. The van der Waals surface area contributed by atoms with Crippen molar-refractivity contribution in [3.63, 3.8) is 0 Å². The van der Waals surface area contributed by atoms with Gasteiger partial charge in [-0.3, -0.25) is 0 Å². The lowest BCUT2D eigenvalue weighted by Crippen LogP contribution is -2.32. The number of nitrogens with zero attached hydrogens (tertiary/aromatic N) is 1. The van der Waals surface area contributed by atoms with Crippen molar-refractivity contribution in [3.05, 3.63) is 0 Å². The van der Waals surface area contributed by atoms with Gasteiger partial charge in [-0.05, 0) is 48.0 Å². The average Bonchev–Trinajstić information content (AvgIpc) is 2.98. The number of halogens is 1. The highest BCUT2D eigenvalue weighted by atomic mass is 19.3. The molecule has 2 aliphatic rings. The Morgan fingerprint density at radius 3 is 2.64 bits per heavy atom. The molecule has 2 unspecified atom stereocenters. The molecule has 1 N–H and O–H groups in total. The van der Waals surface area contributed by atoms with E-state index in [1.807, 2.05) is 0 Å². The molecule has 0 bridgehead atoms. The summed E-state index contributed by atoms with van der Waals surface area (Å²) in [4.78, 5) is 0. The standard InChI is InChI=1S/C10H18FNO2/c11-14-12-4-1-8(2-5-12)10-7-9(10)3-6-13/h8-10,13H,1-7H2.